The van der Waals surface area contributed by atoms with Crippen molar-refractivity contribution in [1.29, 1.82) is 0 Å². The van der Waals surface area contributed by atoms with Crippen LogP contribution in [-0.2, 0) is 6.42 Å². The number of carbonyl (C=O) groups is 1. The van der Waals surface area contributed by atoms with E-state index in [1.54, 1.807) is 17.5 Å². The molecular weight excluding hydrogens is 394 g/mol. The molecule has 3 heterocycles. The third kappa shape index (κ3) is 3.35. The van der Waals surface area contributed by atoms with Crippen LogP contribution in [0.2, 0.25) is 0 Å². The maximum Gasteiger partial charge on any atom is 0.230 e. The van der Waals surface area contributed by atoms with Gasteiger partial charge in [0.1, 0.15) is 0 Å². The van der Waals surface area contributed by atoms with E-state index >= 15 is 0 Å². The second kappa shape index (κ2) is 7.25. The number of thiophene rings is 1. The minimum absolute atomic E-state index is 0.102. The summed E-state index contributed by atoms with van der Waals surface area (Å²) in [4.78, 5) is 32.1. The third-order valence-electron chi connectivity index (χ3n) is 5.53. The van der Waals surface area contributed by atoms with Crippen molar-refractivity contribution in [3.05, 3.63) is 68.8 Å². The van der Waals surface area contributed by atoms with Crippen LogP contribution in [0.3, 0.4) is 0 Å². The smallest absolute Gasteiger partial charge is 0.230 e. The van der Waals surface area contributed by atoms with E-state index in [0.717, 1.165) is 34.3 Å². The van der Waals surface area contributed by atoms with Gasteiger partial charge in [-0.1, -0.05) is 17.7 Å². The van der Waals surface area contributed by atoms with E-state index in [0.29, 0.717) is 23.9 Å². The fourth-order valence-electron chi connectivity index (χ4n) is 4.12. The Morgan fingerprint density at radius 3 is 2.73 bits per heavy atom. The maximum atomic E-state index is 12.6. The quantitative estimate of drug-likeness (QED) is 0.504. The van der Waals surface area contributed by atoms with Gasteiger partial charge in [0.05, 0.1) is 22.5 Å². The molecule has 0 amide bonds. The number of ketones is 1. The molecule has 3 aromatic heterocycles. The number of hydrogen-bond donors (Lipinski definition) is 1. The SMILES string of the molecule is Cc1cc(C)c2nc(Nc3ncc4c(n3)C[C@H](c3cccs3)CC4=O)nc(C)c2c1. The number of aryl methyl sites for hydroxylation is 3. The van der Waals surface area contributed by atoms with Crippen molar-refractivity contribution in [3.63, 3.8) is 0 Å². The summed E-state index contributed by atoms with van der Waals surface area (Å²) < 4.78 is 0. The topological polar surface area (TPSA) is 80.7 Å². The van der Waals surface area contributed by atoms with E-state index in [-0.39, 0.29) is 11.7 Å². The Labute approximate surface area is 178 Å². The zero-order valence-corrected chi connectivity index (χ0v) is 17.9. The van der Waals surface area contributed by atoms with Gasteiger partial charge < -0.3 is 0 Å². The van der Waals surface area contributed by atoms with E-state index in [1.165, 1.54) is 10.4 Å². The van der Waals surface area contributed by atoms with Gasteiger partial charge in [0.25, 0.3) is 0 Å². The van der Waals surface area contributed by atoms with Crippen LogP contribution in [0.15, 0.2) is 35.8 Å². The lowest BCUT2D eigenvalue weighted by Crippen LogP contribution is -2.20. The molecule has 1 aliphatic carbocycles. The Morgan fingerprint density at radius 2 is 1.93 bits per heavy atom. The lowest BCUT2D eigenvalue weighted by Gasteiger charge is -2.22. The molecule has 0 fully saturated rings. The molecule has 0 unspecified atom stereocenters. The van der Waals surface area contributed by atoms with Gasteiger partial charge in [-0.15, -0.1) is 11.3 Å². The van der Waals surface area contributed by atoms with E-state index < -0.39 is 0 Å². The highest BCUT2D eigenvalue weighted by atomic mass is 32.1. The minimum atomic E-state index is 0.102. The van der Waals surface area contributed by atoms with E-state index in [1.807, 2.05) is 18.4 Å². The van der Waals surface area contributed by atoms with Crippen molar-refractivity contribution in [2.45, 2.75) is 39.5 Å². The molecule has 7 heteroatoms. The lowest BCUT2D eigenvalue weighted by atomic mass is 9.86. The predicted molar refractivity (Wildman–Crippen MR) is 119 cm³/mol. The highest BCUT2D eigenvalue weighted by Gasteiger charge is 2.28. The molecule has 0 bridgehead atoms. The van der Waals surface area contributed by atoms with Crippen LogP contribution in [0.1, 0.15) is 50.1 Å². The van der Waals surface area contributed by atoms with E-state index in [2.05, 4.69) is 57.3 Å². The van der Waals surface area contributed by atoms with Crippen LogP contribution in [0.4, 0.5) is 11.9 Å². The highest BCUT2D eigenvalue weighted by molar-refractivity contribution is 7.10. The van der Waals surface area contributed by atoms with Crippen molar-refractivity contribution >= 4 is 39.9 Å². The molecule has 6 nitrogen and oxygen atoms in total. The first-order valence-electron chi connectivity index (χ1n) is 9.93. The molecule has 30 heavy (non-hydrogen) atoms. The van der Waals surface area contributed by atoms with Crippen molar-refractivity contribution in [2.75, 3.05) is 5.32 Å². The van der Waals surface area contributed by atoms with Crippen molar-refractivity contribution < 1.29 is 4.79 Å². The van der Waals surface area contributed by atoms with E-state index in [9.17, 15) is 4.79 Å². The average molecular weight is 416 g/mol. The first kappa shape index (κ1) is 18.8. The number of nitrogens with zero attached hydrogens (tertiary/aromatic N) is 4. The molecule has 0 spiro atoms. The molecule has 0 saturated heterocycles. The Balaban J connectivity index is 1.48. The number of carbonyl (C=O) groups excluding carboxylic acids is 1. The number of anilines is 2. The first-order valence-corrected chi connectivity index (χ1v) is 10.8. The molecule has 4 aromatic rings. The number of rotatable bonds is 3. The summed E-state index contributed by atoms with van der Waals surface area (Å²) in [6.07, 6.45) is 2.87. The van der Waals surface area contributed by atoms with Crippen LogP contribution in [0.25, 0.3) is 10.9 Å². The molecule has 1 atom stereocenters. The molecule has 0 radical (unpaired) electrons. The molecule has 0 aliphatic heterocycles. The van der Waals surface area contributed by atoms with Gasteiger partial charge >= 0.3 is 0 Å². The third-order valence-corrected chi connectivity index (χ3v) is 6.57. The van der Waals surface area contributed by atoms with Crippen molar-refractivity contribution in [1.82, 2.24) is 19.9 Å². The fourth-order valence-corrected chi connectivity index (χ4v) is 4.95. The monoisotopic (exact) mass is 415 g/mol. The van der Waals surface area contributed by atoms with Gasteiger partial charge in [0, 0.05) is 28.8 Å². The minimum Gasteiger partial charge on any atom is -0.294 e. The summed E-state index contributed by atoms with van der Waals surface area (Å²) in [5.74, 6) is 1.16. The number of Topliss-reactive ketones (excluding diaryl/α,β-unsaturated/α-hetero) is 1. The summed E-state index contributed by atoms with van der Waals surface area (Å²) in [6.45, 7) is 6.10. The lowest BCUT2D eigenvalue weighted by molar-refractivity contribution is 0.0963. The summed E-state index contributed by atoms with van der Waals surface area (Å²) >= 11 is 1.69. The summed E-state index contributed by atoms with van der Waals surface area (Å²) in [7, 11) is 0. The summed E-state index contributed by atoms with van der Waals surface area (Å²) in [5.41, 5.74) is 5.52. The predicted octanol–water partition coefficient (Wildman–Crippen LogP) is 5.06. The van der Waals surface area contributed by atoms with Crippen molar-refractivity contribution in [2.24, 2.45) is 0 Å². The van der Waals surface area contributed by atoms with Gasteiger partial charge in [-0.25, -0.2) is 19.9 Å². The van der Waals surface area contributed by atoms with Crippen LogP contribution in [-0.4, -0.2) is 25.7 Å². The summed E-state index contributed by atoms with van der Waals surface area (Å²) in [5, 5.41) is 6.24. The fraction of sp³-hybridized carbons (Fsp3) is 0.261. The zero-order chi connectivity index (χ0) is 20.8. The van der Waals surface area contributed by atoms with Crippen LogP contribution >= 0.6 is 11.3 Å². The van der Waals surface area contributed by atoms with E-state index in [4.69, 9.17) is 0 Å². The molecule has 0 saturated carbocycles. The van der Waals surface area contributed by atoms with Crippen LogP contribution in [0, 0.1) is 20.8 Å². The molecule has 5 rings (SSSR count). The summed E-state index contributed by atoms with van der Waals surface area (Å²) in [6, 6.07) is 8.33. The number of hydrogen-bond acceptors (Lipinski definition) is 7. The number of nitrogens with one attached hydrogen (secondary N) is 1. The number of aromatic nitrogens is 4. The Hall–Kier alpha value is -3.19. The highest BCUT2D eigenvalue weighted by Crippen LogP contribution is 2.34. The Kier molecular flexibility index (Phi) is 4.55. The number of fused-ring (bicyclic) bond motifs is 2. The van der Waals surface area contributed by atoms with Gasteiger partial charge in [0.2, 0.25) is 11.9 Å². The van der Waals surface area contributed by atoms with Crippen LogP contribution in [0.5, 0.6) is 0 Å². The second-order valence-electron chi connectivity index (χ2n) is 7.83. The molecule has 1 aromatic carbocycles. The standard InChI is InChI=1S/C23H21N5OS/c1-12-7-13(2)21-16(8-12)14(3)25-23(27-21)28-22-24-11-17-18(26-22)9-15(10-19(17)29)20-5-4-6-30-20/h4-8,11,15H,9-10H2,1-3H3,(H,24,25,26,27,28)/t15-/m0/s1. The van der Waals surface area contributed by atoms with Gasteiger partial charge in [-0.05, 0) is 50.3 Å². The molecular formula is C23H21N5OS. The zero-order valence-electron chi connectivity index (χ0n) is 17.1. The molecule has 1 aliphatic rings. The number of benzene rings is 1. The largest absolute Gasteiger partial charge is 0.294 e. The van der Waals surface area contributed by atoms with Gasteiger partial charge in [-0.2, -0.15) is 0 Å². The van der Waals surface area contributed by atoms with Gasteiger partial charge in [-0.3, -0.25) is 10.1 Å². The van der Waals surface area contributed by atoms with Gasteiger partial charge in [0.15, 0.2) is 5.78 Å². The normalized spacial score (nSPS) is 16.0. The van der Waals surface area contributed by atoms with Crippen molar-refractivity contribution in [3.8, 4) is 0 Å². The molecule has 150 valence electrons. The Morgan fingerprint density at radius 1 is 1.07 bits per heavy atom. The second-order valence-corrected chi connectivity index (χ2v) is 8.81. The first-order chi connectivity index (χ1) is 14.5. The van der Waals surface area contributed by atoms with Crippen LogP contribution < -0.4 is 5.32 Å². The maximum absolute atomic E-state index is 12.6. The molecule has 1 N–H and O–H groups in total. The Bertz CT molecular complexity index is 1280. The average Bonchev–Trinajstić information content (AvgIpc) is 3.24.